The molecule has 0 aliphatic rings. The van der Waals surface area contributed by atoms with Gasteiger partial charge in [-0.1, -0.05) is 5.10 Å². The number of hydrogen-bond donors (Lipinski definition) is 1. The fourth-order valence-corrected chi connectivity index (χ4v) is 2.12. The van der Waals surface area contributed by atoms with Crippen molar-refractivity contribution >= 4 is 29.3 Å². The minimum Gasteiger partial charge on any atom is -0.465 e. The van der Waals surface area contributed by atoms with Crippen molar-refractivity contribution in [3.05, 3.63) is 40.6 Å². The monoisotopic (exact) mass is 302 g/mol. The first-order chi connectivity index (χ1) is 10.2. The summed E-state index contributed by atoms with van der Waals surface area (Å²) in [5.41, 5.74) is 0.594. The number of nitrogens with zero attached hydrogens (tertiary/aromatic N) is 3. The number of hydrogen-bond acceptors (Lipinski definition) is 7. The van der Waals surface area contributed by atoms with Crippen LogP contribution >= 0.6 is 11.3 Å². The second kappa shape index (κ2) is 5.71. The number of furan rings is 1. The molecule has 0 radical (unpaired) electrons. The second-order valence-electron chi connectivity index (χ2n) is 4.00. The molecule has 7 nitrogen and oxygen atoms in total. The van der Waals surface area contributed by atoms with Crippen molar-refractivity contribution in [3.8, 4) is 11.6 Å². The van der Waals surface area contributed by atoms with Crippen LogP contribution in [0.2, 0.25) is 0 Å². The summed E-state index contributed by atoms with van der Waals surface area (Å²) in [6, 6.07) is 3.49. The number of nitrogens with one attached hydrogen (secondary N) is 1. The Balaban J connectivity index is 1.65. The van der Waals surface area contributed by atoms with Gasteiger partial charge in [0.2, 0.25) is 0 Å². The molecule has 0 saturated carbocycles. The van der Waals surface area contributed by atoms with Crippen LogP contribution < -0.4 is 5.32 Å². The Hall–Kier alpha value is -2.74. The zero-order chi connectivity index (χ0) is 14.7. The van der Waals surface area contributed by atoms with Crippen LogP contribution in [0.1, 0.15) is 10.8 Å². The van der Waals surface area contributed by atoms with Gasteiger partial charge in [-0.3, -0.25) is 10.1 Å². The lowest BCUT2D eigenvalue weighted by molar-refractivity contribution is -0.112. The summed E-state index contributed by atoms with van der Waals surface area (Å²) in [5.74, 6) is 0.454. The van der Waals surface area contributed by atoms with Crippen molar-refractivity contribution in [2.45, 2.75) is 6.92 Å². The van der Waals surface area contributed by atoms with E-state index < -0.39 is 5.91 Å². The molecular weight excluding hydrogens is 292 g/mol. The van der Waals surface area contributed by atoms with Crippen LogP contribution in [0.25, 0.3) is 17.7 Å². The number of carbonyl (C=O) groups excluding carboxylic acids is 1. The van der Waals surface area contributed by atoms with Crippen LogP contribution in [0, 0.1) is 6.92 Å². The van der Waals surface area contributed by atoms with E-state index >= 15 is 0 Å². The van der Waals surface area contributed by atoms with E-state index in [4.69, 9.17) is 8.83 Å². The summed E-state index contributed by atoms with van der Waals surface area (Å²) in [6.45, 7) is 1.88. The van der Waals surface area contributed by atoms with E-state index in [1.165, 1.54) is 29.8 Å². The number of anilines is 1. The molecule has 3 rings (SSSR count). The topological polar surface area (TPSA) is 94.1 Å². The average molecular weight is 302 g/mol. The SMILES string of the molecule is Cc1nc(-c2nnc(NC(=O)/C=C/c3ccco3)o2)cs1. The summed E-state index contributed by atoms with van der Waals surface area (Å²) in [6.07, 6.45) is 4.38. The van der Waals surface area contributed by atoms with Crippen molar-refractivity contribution in [2.75, 3.05) is 5.32 Å². The third-order valence-electron chi connectivity index (χ3n) is 2.44. The van der Waals surface area contributed by atoms with Gasteiger partial charge in [0.25, 0.3) is 11.8 Å². The Kier molecular flexibility index (Phi) is 3.61. The van der Waals surface area contributed by atoms with Gasteiger partial charge in [-0.15, -0.1) is 16.4 Å². The maximum Gasteiger partial charge on any atom is 0.322 e. The molecule has 0 aliphatic heterocycles. The molecule has 0 saturated heterocycles. The molecule has 0 fully saturated rings. The molecule has 1 amide bonds. The van der Waals surface area contributed by atoms with Crippen LogP contribution in [0.3, 0.4) is 0 Å². The van der Waals surface area contributed by atoms with Crippen molar-refractivity contribution in [2.24, 2.45) is 0 Å². The van der Waals surface area contributed by atoms with E-state index in [9.17, 15) is 4.79 Å². The van der Waals surface area contributed by atoms with E-state index in [0.717, 1.165) is 5.01 Å². The Labute approximate surface area is 123 Å². The maximum absolute atomic E-state index is 11.7. The fourth-order valence-electron chi connectivity index (χ4n) is 1.53. The van der Waals surface area contributed by atoms with Gasteiger partial charge in [0.15, 0.2) is 0 Å². The highest BCUT2D eigenvalue weighted by Gasteiger charge is 2.12. The summed E-state index contributed by atoms with van der Waals surface area (Å²) in [7, 11) is 0. The first kappa shape index (κ1) is 13.3. The number of aryl methyl sites for hydroxylation is 1. The quantitative estimate of drug-likeness (QED) is 0.745. The Morgan fingerprint density at radius 3 is 3.05 bits per heavy atom. The lowest BCUT2D eigenvalue weighted by atomic mass is 10.4. The third kappa shape index (κ3) is 3.23. The summed E-state index contributed by atoms with van der Waals surface area (Å²) < 4.78 is 10.4. The first-order valence-corrected chi connectivity index (χ1v) is 6.87. The van der Waals surface area contributed by atoms with E-state index in [2.05, 4.69) is 20.5 Å². The molecule has 0 unspecified atom stereocenters. The van der Waals surface area contributed by atoms with Crippen molar-refractivity contribution < 1.29 is 13.6 Å². The highest BCUT2D eigenvalue weighted by molar-refractivity contribution is 7.09. The Bertz CT molecular complexity index is 773. The standard InChI is InChI=1S/C13H10N4O3S/c1-8-14-10(7-21-8)12-16-17-13(20-12)15-11(18)5-4-9-3-2-6-19-9/h2-7H,1H3,(H,15,17,18)/b5-4+. The smallest absolute Gasteiger partial charge is 0.322 e. The fraction of sp³-hybridized carbons (Fsp3) is 0.0769. The lowest BCUT2D eigenvalue weighted by Crippen LogP contribution is -2.07. The zero-order valence-electron chi connectivity index (χ0n) is 10.9. The molecule has 0 bridgehead atoms. The molecule has 8 heteroatoms. The number of rotatable bonds is 4. The van der Waals surface area contributed by atoms with Gasteiger partial charge in [0.05, 0.1) is 11.3 Å². The molecule has 1 N–H and O–H groups in total. The van der Waals surface area contributed by atoms with Gasteiger partial charge in [-0.25, -0.2) is 4.98 Å². The van der Waals surface area contributed by atoms with E-state index in [1.54, 1.807) is 12.1 Å². The van der Waals surface area contributed by atoms with Crippen molar-refractivity contribution in [1.82, 2.24) is 15.2 Å². The minimum absolute atomic E-state index is 0.0183. The Morgan fingerprint density at radius 1 is 1.43 bits per heavy atom. The van der Waals surface area contributed by atoms with Gasteiger partial charge >= 0.3 is 6.01 Å². The van der Waals surface area contributed by atoms with Crippen LogP contribution in [0.15, 0.2) is 38.7 Å². The predicted molar refractivity (Wildman–Crippen MR) is 76.5 cm³/mol. The first-order valence-electron chi connectivity index (χ1n) is 5.99. The molecule has 3 aromatic rings. The van der Waals surface area contributed by atoms with Crippen molar-refractivity contribution in [1.29, 1.82) is 0 Å². The number of thiazole rings is 1. The van der Waals surface area contributed by atoms with E-state index in [0.29, 0.717) is 11.5 Å². The highest BCUT2D eigenvalue weighted by Crippen LogP contribution is 2.21. The molecule has 0 aromatic carbocycles. The molecule has 3 aromatic heterocycles. The van der Waals surface area contributed by atoms with Crippen LogP contribution in [-0.4, -0.2) is 21.1 Å². The molecular formula is C13H10N4O3S. The summed E-state index contributed by atoms with van der Waals surface area (Å²) in [4.78, 5) is 15.9. The molecule has 0 atom stereocenters. The maximum atomic E-state index is 11.7. The van der Waals surface area contributed by atoms with Crippen LogP contribution in [-0.2, 0) is 4.79 Å². The van der Waals surface area contributed by atoms with E-state index in [1.807, 2.05) is 12.3 Å². The zero-order valence-corrected chi connectivity index (χ0v) is 11.8. The summed E-state index contributed by atoms with van der Waals surface area (Å²) >= 11 is 1.48. The largest absolute Gasteiger partial charge is 0.465 e. The molecule has 0 spiro atoms. The van der Waals surface area contributed by atoms with Crippen LogP contribution in [0.5, 0.6) is 0 Å². The normalized spacial score (nSPS) is 11.1. The van der Waals surface area contributed by atoms with Gasteiger partial charge in [-0.2, -0.15) is 0 Å². The van der Waals surface area contributed by atoms with Gasteiger partial charge < -0.3 is 8.83 Å². The van der Waals surface area contributed by atoms with Gasteiger partial charge in [-0.05, 0) is 25.1 Å². The molecule has 21 heavy (non-hydrogen) atoms. The number of aromatic nitrogens is 3. The number of amides is 1. The summed E-state index contributed by atoms with van der Waals surface area (Å²) in [5, 5.41) is 12.8. The van der Waals surface area contributed by atoms with Crippen molar-refractivity contribution in [3.63, 3.8) is 0 Å². The molecule has 0 aliphatic carbocycles. The third-order valence-corrected chi connectivity index (χ3v) is 3.21. The Morgan fingerprint density at radius 2 is 2.33 bits per heavy atom. The van der Waals surface area contributed by atoms with Crippen LogP contribution in [0.4, 0.5) is 6.01 Å². The van der Waals surface area contributed by atoms with E-state index in [-0.39, 0.29) is 11.9 Å². The average Bonchev–Trinajstić information content (AvgIpc) is 3.17. The van der Waals surface area contributed by atoms with Gasteiger partial charge in [0.1, 0.15) is 11.5 Å². The second-order valence-corrected chi connectivity index (χ2v) is 5.06. The number of carbonyl (C=O) groups is 1. The predicted octanol–water partition coefficient (Wildman–Crippen LogP) is 2.75. The van der Waals surface area contributed by atoms with Gasteiger partial charge in [0, 0.05) is 11.5 Å². The molecule has 3 heterocycles. The minimum atomic E-state index is -0.393. The molecule has 106 valence electrons. The highest BCUT2D eigenvalue weighted by atomic mass is 32.1. The lowest BCUT2D eigenvalue weighted by Gasteiger charge is -1.93.